The summed E-state index contributed by atoms with van der Waals surface area (Å²) in [5, 5.41) is 0. The second-order valence-corrected chi connectivity index (χ2v) is 9.68. The number of rotatable bonds is 5. The fourth-order valence-electron chi connectivity index (χ4n) is 3.38. The van der Waals surface area contributed by atoms with Crippen molar-refractivity contribution in [2.45, 2.75) is 18.0 Å². The summed E-state index contributed by atoms with van der Waals surface area (Å²) in [5.41, 5.74) is 1.11. The summed E-state index contributed by atoms with van der Waals surface area (Å²) in [7, 11) is -2.55. The minimum absolute atomic E-state index is 0.000585. The summed E-state index contributed by atoms with van der Waals surface area (Å²) in [6.07, 6.45) is 0. The molecule has 9 heteroatoms. The van der Waals surface area contributed by atoms with Gasteiger partial charge in [-0.1, -0.05) is 46.3 Å². The van der Waals surface area contributed by atoms with Gasteiger partial charge in [-0.2, -0.15) is 0 Å². The van der Waals surface area contributed by atoms with Gasteiger partial charge in [0.25, 0.3) is 10.0 Å². The van der Waals surface area contributed by atoms with Crippen molar-refractivity contribution < 1.29 is 22.3 Å². The lowest BCUT2D eigenvalue weighted by Gasteiger charge is -2.36. The van der Waals surface area contributed by atoms with Crippen molar-refractivity contribution in [3.8, 4) is 5.75 Å². The molecule has 0 spiro atoms. The number of carbonyl (C=O) groups excluding carboxylic acids is 1. The molecule has 1 heterocycles. The number of urea groups is 1. The number of nitrogens with zero attached hydrogens (tertiary/aromatic N) is 2. The van der Waals surface area contributed by atoms with E-state index < -0.39 is 21.9 Å². The van der Waals surface area contributed by atoms with Crippen molar-refractivity contribution in [3.05, 3.63) is 88.1 Å². The summed E-state index contributed by atoms with van der Waals surface area (Å²) >= 11 is 3.21. The van der Waals surface area contributed by atoms with Gasteiger partial charge in [0.15, 0.2) is 0 Å². The molecule has 160 valence electrons. The quantitative estimate of drug-likeness (QED) is 0.494. The molecule has 1 aliphatic rings. The summed E-state index contributed by atoms with van der Waals surface area (Å²) in [4.78, 5) is 14.6. The van der Waals surface area contributed by atoms with Crippen LogP contribution in [0.15, 0.2) is 76.1 Å². The van der Waals surface area contributed by atoms with Crippen LogP contribution in [0.2, 0.25) is 0 Å². The number of ether oxygens (including phenoxy) is 1. The van der Waals surface area contributed by atoms with Crippen molar-refractivity contribution in [1.29, 1.82) is 0 Å². The van der Waals surface area contributed by atoms with E-state index in [2.05, 4.69) is 15.9 Å². The molecule has 0 fully saturated rings. The predicted octanol–water partition coefficient (Wildman–Crippen LogP) is 4.93. The average molecular weight is 505 g/mol. The second kappa shape index (κ2) is 8.32. The van der Waals surface area contributed by atoms with Gasteiger partial charge in [0.2, 0.25) is 0 Å². The molecular formula is C22H18BrFN2O4S. The van der Waals surface area contributed by atoms with Gasteiger partial charge in [-0.15, -0.1) is 0 Å². The number of methoxy groups -OCH3 is 1. The van der Waals surface area contributed by atoms with E-state index in [1.165, 1.54) is 24.1 Å². The number of halogens is 2. The molecule has 0 aromatic heterocycles. The van der Waals surface area contributed by atoms with Gasteiger partial charge >= 0.3 is 6.03 Å². The van der Waals surface area contributed by atoms with Crippen molar-refractivity contribution in [3.63, 3.8) is 0 Å². The smallest absolute Gasteiger partial charge is 0.339 e. The maximum absolute atomic E-state index is 14.5. The van der Waals surface area contributed by atoms with Crippen LogP contribution in [-0.2, 0) is 23.1 Å². The van der Waals surface area contributed by atoms with Gasteiger partial charge in [-0.25, -0.2) is 21.9 Å². The zero-order valence-electron chi connectivity index (χ0n) is 16.5. The fraction of sp³-hybridized carbons (Fsp3) is 0.136. The van der Waals surface area contributed by atoms with Crippen molar-refractivity contribution in [2.75, 3.05) is 12.0 Å². The monoisotopic (exact) mass is 504 g/mol. The van der Waals surface area contributed by atoms with Crippen LogP contribution in [0.5, 0.6) is 5.75 Å². The predicted molar refractivity (Wildman–Crippen MR) is 118 cm³/mol. The van der Waals surface area contributed by atoms with Crippen molar-refractivity contribution >= 4 is 37.7 Å². The Morgan fingerprint density at radius 2 is 1.71 bits per heavy atom. The van der Waals surface area contributed by atoms with Crippen LogP contribution in [0.25, 0.3) is 0 Å². The lowest BCUT2D eigenvalue weighted by atomic mass is 10.2. The summed E-state index contributed by atoms with van der Waals surface area (Å²) in [5.74, 6) is 0.129. The highest BCUT2D eigenvalue weighted by Crippen LogP contribution is 2.36. The highest BCUT2D eigenvalue weighted by atomic mass is 79.9. The van der Waals surface area contributed by atoms with Gasteiger partial charge in [0.05, 0.1) is 25.9 Å². The Hall–Kier alpha value is -2.91. The topological polar surface area (TPSA) is 66.9 Å². The van der Waals surface area contributed by atoms with Crippen molar-refractivity contribution in [1.82, 2.24) is 4.31 Å². The number of anilines is 1. The molecule has 0 saturated carbocycles. The first-order valence-electron chi connectivity index (χ1n) is 9.31. The molecule has 0 saturated heterocycles. The zero-order chi connectivity index (χ0) is 22.2. The van der Waals surface area contributed by atoms with Gasteiger partial charge in [-0.3, -0.25) is 4.90 Å². The summed E-state index contributed by atoms with van der Waals surface area (Å²) < 4.78 is 47.4. The number of sulfonamides is 1. The van der Waals surface area contributed by atoms with Crippen LogP contribution in [0.1, 0.15) is 11.1 Å². The SMILES string of the molecule is COc1ccc(CN2C(=O)N(Cc3ccc(Br)cc3F)c3ccccc3S2(=O)=O)cc1. The molecule has 1 aliphatic heterocycles. The molecular weight excluding hydrogens is 487 g/mol. The highest BCUT2D eigenvalue weighted by molar-refractivity contribution is 9.10. The van der Waals surface area contributed by atoms with Crippen LogP contribution in [0.4, 0.5) is 14.9 Å². The molecule has 6 nitrogen and oxygen atoms in total. The Bertz CT molecular complexity index is 1250. The fourth-order valence-corrected chi connectivity index (χ4v) is 5.27. The molecule has 0 N–H and O–H groups in total. The van der Waals surface area contributed by atoms with E-state index in [1.807, 2.05) is 0 Å². The Labute approximate surface area is 188 Å². The average Bonchev–Trinajstić information content (AvgIpc) is 2.76. The lowest BCUT2D eigenvalue weighted by molar-refractivity contribution is 0.226. The van der Waals surface area contributed by atoms with Crippen LogP contribution >= 0.6 is 15.9 Å². The highest BCUT2D eigenvalue weighted by Gasteiger charge is 2.41. The number of para-hydroxylation sites is 1. The molecule has 0 bridgehead atoms. The number of carbonyl (C=O) groups is 1. The third-order valence-corrected chi connectivity index (χ3v) is 7.26. The minimum Gasteiger partial charge on any atom is -0.497 e. The molecule has 4 rings (SSSR count). The normalized spacial score (nSPS) is 15.0. The molecule has 0 radical (unpaired) electrons. The van der Waals surface area contributed by atoms with E-state index in [0.717, 1.165) is 4.31 Å². The van der Waals surface area contributed by atoms with E-state index >= 15 is 0 Å². The maximum atomic E-state index is 14.5. The first-order chi connectivity index (χ1) is 14.8. The largest absolute Gasteiger partial charge is 0.497 e. The Balaban J connectivity index is 1.75. The first kappa shape index (κ1) is 21.3. The minimum atomic E-state index is -4.08. The van der Waals surface area contributed by atoms with Crippen LogP contribution in [0, 0.1) is 5.82 Å². The Morgan fingerprint density at radius 3 is 2.39 bits per heavy atom. The standard InChI is InChI=1S/C22H18BrFN2O4S/c1-30-18-10-6-15(7-11-18)13-26-22(27)25(14-16-8-9-17(23)12-19(16)24)20-4-2-3-5-21(20)31(26,28)29/h2-12H,13-14H2,1H3. The number of hydrogen-bond donors (Lipinski definition) is 0. The summed E-state index contributed by atoms with van der Waals surface area (Å²) in [6, 6.07) is 16.8. The van der Waals surface area contributed by atoms with E-state index in [9.17, 15) is 17.6 Å². The van der Waals surface area contributed by atoms with Gasteiger partial charge < -0.3 is 4.74 Å². The number of benzene rings is 3. The van der Waals surface area contributed by atoms with E-state index in [-0.39, 0.29) is 29.2 Å². The lowest BCUT2D eigenvalue weighted by Crippen LogP contribution is -2.50. The van der Waals surface area contributed by atoms with Crippen LogP contribution in [-0.4, -0.2) is 25.9 Å². The Morgan fingerprint density at radius 1 is 1.00 bits per heavy atom. The van der Waals surface area contributed by atoms with E-state index in [0.29, 0.717) is 15.8 Å². The molecule has 31 heavy (non-hydrogen) atoms. The molecule has 0 aliphatic carbocycles. The van der Waals surface area contributed by atoms with Gasteiger partial charge in [-0.05, 0) is 42.0 Å². The number of hydrogen-bond acceptors (Lipinski definition) is 4. The first-order valence-corrected chi connectivity index (χ1v) is 11.5. The second-order valence-electron chi connectivity index (χ2n) is 6.93. The number of fused-ring (bicyclic) bond motifs is 1. The van der Waals surface area contributed by atoms with E-state index in [4.69, 9.17) is 4.74 Å². The molecule has 0 unspecified atom stereocenters. The third kappa shape index (κ3) is 4.03. The zero-order valence-corrected chi connectivity index (χ0v) is 18.9. The molecule has 3 aromatic rings. The summed E-state index contributed by atoms with van der Waals surface area (Å²) in [6.45, 7) is -0.262. The molecule has 0 atom stereocenters. The molecule has 2 amide bonds. The number of amides is 2. The maximum Gasteiger partial charge on any atom is 0.339 e. The Kier molecular flexibility index (Phi) is 5.72. The van der Waals surface area contributed by atoms with Gasteiger partial charge in [0, 0.05) is 10.0 Å². The third-order valence-electron chi connectivity index (χ3n) is 5.00. The molecule has 3 aromatic carbocycles. The van der Waals surface area contributed by atoms with Gasteiger partial charge in [0.1, 0.15) is 16.5 Å². The van der Waals surface area contributed by atoms with Crippen LogP contribution < -0.4 is 9.64 Å². The van der Waals surface area contributed by atoms with Crippen molar-refractivity contribution in [2.24, 2.45) is 0 Å². The van der Waals surface area contributed by atoms with E-state index in [1.54, 1.807) is 54.6 Å². The van der Waals surface area contributed by atoms with Crippen LogP contribution in [0.3, 0.4) is 0 Å².